The summed E-state index contributed by atoms with van der Waals surface area (Å²) < 4.78 is 26.5. The molecule has 4 nitrogen and oxygen atoms in total. The van der Waals surface area contributed by atoms with Gasteiger partial charge in [0, 0.05) is 31.3 Å². The SMILES string of the molecule is C[C@@H](N)C(=O)N(CCN(C)C)Cc1ccc(F)cc1F. The zero-order valence-electron chi connectivity index (χ0n) is 12.1. The van der Waals surface area contributed by atoms with Crippen molar-refractivity contribution in [3.05, 3.63) is 35.4 Å². The van der Waals surface area contributed by atoms with Crippen molar-refractivity contribution in [2.75, 3.05) is 27.2 Å². The van der Waals surface area contributed by atoms with Crippen LogP contribution in [0.15, 0.2) is 18.2 Å². The maximum absolute atomic E-state index is 13.7. The minimum absolute atomic E-state index is 0.0837. The molecule has 0 aromatic heterocycles. The fourth-order valence-corrected chi connectivity index (χ4v) is 1.73. The Kier molecular flexibility index (Phi) is 6.04. The highest BCUT2D eigenvalue weighted by Gasteiger charge is 2.19. The third-order valence-electron chi connectivity index (χ3n) is 2.89. The Hall–Kier alpha value is -1.53. The highest BCUT2D eigenvalue weighted by molar-refractivity contribution is 5.81. The van der Waals surface area contributed by atoms with Crippen LogP contribution in [-0.4, -0.2) is 48.9 Å². The second-order valence-electron chi connectivity index (χ2n) is 5.09. The van der Waals surface area contributed by atoms with Gasteiger partial charge in [0.1, 0.15) is 11.6 Å². The average molecular weight is 285 g/mol. The van der Waals surface area contributed by atoms with Gasteiger partial charge in [-0.3, -0.25) is 4.79 Å². The van der Waals surface area contributed by atoms with Gasteiger partial charge >= 0.3 is 0 Å². The van der Waals surface area contributed by atoms with Crippen LogP contribution in [0.1, 0.15) is 12.5 Å². The van der Waals surface area contributed by atoms with Crippen molar-refractivity contribution in [2.45, 2.75) is 19.5 Å². The molecular weight excluding hydrogens is 264 g/mol. The Morgan fingerprint density at radius 1 is 1.30 bits per heavy atom. The van der Waals surface area contributed by atoms with E-state index in [2.05, 4.69) is 0 Å². The molecule has 0 spiro atoms. The minimum atomic E-state index is -0.655. The van der Waals surface area contributed by atoms with E-state index in [1.807, 2.05) is 19.0 Å². The van der Waals surface area contributed by atoms with E-state index in [-0.39, 0.29) is 18.0 Å². The number of halogens is 2. The van der Waals surface area contributed by atoms with Gasteiger partial charge in [-0.25, -0.2) is 8.78 Å². The molecule has 1 aromatic carbocycles. The summed E-state index contributed by atoms with van der Waals surface area (Å²) in [6.07, 6.45) is 0. The molecule has 6 heteroatoms. The van der Waals surface area contributed by atoms with Gasteiger partial charge in [-0.15, -0.1) is 0 Å². The standard InChI is InChI=1S/C14H21F2N3O/c1-10(17)14(20)19(7-6-18(2)3)9-11-4-5-12(15)8-13(11)16/h4-5,8,10H,6-7,9,17H2,1-3H3/t10-/m1/s1. The van der Waals surface area contributed by atoms with Crippen molar-refractivity contribution in [3.8, 4) is 0 Å². The number of hydrogen-bond acceptors (Lipinski definition) is 3. The van der Waals surface area contributed by atoms with Crippen LogP contribution in [0.3, 0.4) is 0 Å². The Labute approximate surface area is 118 Å². The van der Waals surface area contributed by atoms with Crippen LogP contribution >= 0.6 is 0 Å². The van der Waals surface area contributed by atoms with Crippen molar-refractivity contribution in [3.63, 3.8) is 0 Å². The summed E-state index contributed by atoms with van der Waals surface area (Å²) in [6, 6.07) is 2.69. The second kappa shape index (κ2) is 7.31. The number of amides is 1. The summed E-state index contributed by atoms with van der Waals surface area (Å²) in [6.45, 7) is 2.75. The molecule has 0 heterocycles. The van der Waals surface area contributed by atoms with E-state index in [1.54, 1.807) is 6.92 Å². The molecule has 0 bridgehead atoms. The number of likely N-dealkylation sites (N-methyl/N-ethyl adjacent to an activating group) is 1. The molecule has 1 amide bonds. The smallest absolute Gasteiger partial charge is 0.239 e. The Bertz CT molecular complexity index is 464. The third-order valence-corrected chi connectivity index (χ3v) is 2.89. The molecule has 0 saturated carbocycles. The van der Waals surface area contributed by atoms with E-state index in [0.717, 1.165) is 6.07 Å². The Morgan fingerprint density at radius 3 is 2.45 bits per heavy atom. The Balaban J connectivity index is 2.85. The van der Waals surface area contributed by atoms with Crippen molar-refractivity contribution < 1.29 is 13.6 Å². The van der Waals surface area contributed by atoms with Gasteiger partial charge in [0.05, 0.1) is 6.04 Å². The predicted molar refractivity (Wildman–Crippen MR) is 74.0 cm³/mol. The van der Waals surface area contributed by atoms with Crippen LogP contribution in [0, 0.1) is 11.6 Å². The van der Waals surface area contributed by atoms with Crippen LogP contribution in [0.2, 0.25) is 0 Å². The number of hydrogen-bond donors (Lipinski definition) is 1. The summed E-state index contributed by atoms with van der Waals surface area (Å²) >= 11 is 0. The first-order valence-corrected chi connectivity index (χ1v) is 6.44. The molecule has 1 aromatic rings. The summed E-state index contributed by atoms with van der Waals surface area (Å²) in [5.74, 6) is -1.54. The molecule has 112 valence electrons. The maximum Gasteiger partial charge on any atom is 0.239 e. The average Bonchev–Trinajstić information content (AvgIpc) is 2.35. The van der Waals surface area contributed by atoms with Gasteiger partial charge in [0.15, 0.2) is 0 Å². The van der Waals surface area contributed by atoms with Crippen molar-refractivity contribution in [1.29, 1.82) is 0 Å². The zero-order valence-corrected chi connectivity index (χ0v) is 12.1. The molecule has 0 saturated heterocycles. The fourth-order valence-electron chi connectivity index (χ4n) is 1.73. The largest absolute Gasteiger partial charge is 0.336 e. The number of carbonyl (C=O) groups is 1. The number of nitrogens with zero attached hydrogens (tertiary/aromatic N) is 2. The van der Waals surface area contributed by atoms with Gasteiger partial charge in [-0.2, -0.15) is 0 Å². The fraction of sp³-hybridized carbons (Fsp3) is 0.500. The van der Waals surface area contributed by atoms with Crippen molar-refractivity contribution in [1.82, 2.24) is 9.80 Å². The van der Waals surface area contributed by atoms with Gasteiger partial charge in [-0.1, -0.05) is 6.07 Å². The van der Waals surface area contributed by atoms with Gasteiger partial charge in [0.25, 0.3) is 0 Å². The van der Waals surface area contributed by atoms with E-state index in [9.17, 15) is 13.6 Å². The van der Waals surface area contributed by atoms with Crippen molar-refractivity contribution >= 4 is 5.91 Å². The van der Waals surface area contributed by atoms with Crippen LogP contribution in [0.5, 0.6) is 0 Å². The zero-order chi connectivity index (χ0) is 15.3. The van der Waals surface area contributed by atoms with E-state index in [0.29, 0.717) is 13.1 Å². The van der Waals surface area contributed by atoms with Crippen molar-refractivity contribution in [2.24, 2.45) is 5.73 Å². The molecule has 0 aliphatic rings. The van der Waals surface area contributed by atoms with Crippen LogP contribution in [0.4, 0.5) is 8.78 Å². The lowest BCUT2D eigenvalue weighted by molar-refractivity contribution is -0.133. The maximum atomic E-state index is 13.7. The summed E-state index contributed by atoms with van der Waals surface area (Å²) in [5, 5.41) is 0. The molecule has 0 unspecified atom stereocenters. The van der Waals surface area contributed by atoms with Crippen LogP contribution in [0.25, 0.3) is 0 Å². The lowest BCUT2D eigenvalue weighted by Crippen LogP contribution is -2.44. The lowest BCUT2D eigenvalue weighted by Gasteiger charge is -2.26. The molecule has 2 N–H and O–H groups in total. The summed E-state index contributed by atoms with van der Waals surface area (Å²) in [5.41, 5.74) is 5.88. The normalized spacial score (nSPS) is 12.6. The molecule has 20 heavy (non-hydrogen) atoms. The highest BCUT2D eigenvalue weighted by Crippen LogP contribution is 2.13. The number of rotatable bonds is 6. The highest BCUT2D eigenvalue weighted by atomic mass is 19.1. The first-order valence-electron chi connectivity index (χ1n) is 6.44. The van der Waals surface area contributed by atoms with E-state index >= 15 is 0 Å². The second-order valence-corrected chi connectivity index (χ2v) is 5.09. The van der Waals surface area contributed by atoms with E-state index in [1.165, 1.54) is 17.0 Å². The predicted octanol–water partition coefficient (Wildman–Crippen LogP) is 1.20. The summed E-state index contributed by atoms with van der Waals surface area (Å²) in [4.78, 5) is 15.4. The number of benzene rings is 1. The topological polar surface area (TPSA) is 49.6 Å². The quantitative estimate of drug-likeness (QED) is 0.854. The molecule has 0 aliphatic heterocycles. The molecule has 0 fully saturated rings. The van der Waals surface area contributed by atoms with Gasteiger partial charge < -0.3 is 15.5 Å². The number of carbonyl (C=O) groups excluding carboxylic acids is 1. The molecular formula is C14H21F2N3O. The minimum Gasteiger partial charge on any atom is -0.336 e. The molecule has 1 rings (SSSR count). The van der Waals surface area contributed by atoms with E-state index < -0.39 is 17.7 Å². The lowest BCUT2D eigenvalue weighted by atomic mass is 10.1. The van der Waals surface area contributed by atoms with Gasteiger partial charge in [0.2, 0.25) is 5.91 Å². The van der Waals surface area contributed by atoms with Gasteiger partial charge in [-0.05, 0) is 27.1 Å². The first-order chi connectivity index (χ1) is 9.31. The molecule has 0 aliphatic carbocycles. The van der Waals surface area contributed by atoms with E-state index in [4.69, 9.17) is 5.73 Å². The molecule has 1 atom stereocenters. The third kappa shape index (κ3) is 4.86. The monoisotopic (exact) mass is 285 g/mol. The molecule has 0 radical (unpaired) electrons. The summed E-state index contributed by atoms with van der Waals surface area (Å²) in [7, 11) is 3.76. The van der Waals surface area contributed by atoms with Crippen LogP contribution in [-0.2, 0) is 11.3 Å². The first kappa shape index (κ1) is 16.5. The Morgan fingerprint density at radius 2 is 1.95 bits per heavy atom. The van der Waals surface area contributed by atoms with Crippen LogP contribution < -0.4 is 5.73 Å². The number of nitrogens with two attached hydrogens (primary N) is 1.